The number of benzene rings is 1. The van der Waals surface area contributed by atoms with Crippen LogP contribution in [-0.2, 0) is 0 Å². The van der Waals surface area contributed by atoms with Gasteiger partial charge in [-0.15, -0.1) is 0 Å². The van der Waals surface area contributed by atoms with Crippen LogP contribution in [0.2, 0.25) is 0 Å². The van der Waals surface area contributed by atoms with E-state index in [9.17, 15) is 9.50 Å². The Morgan fingerprint density at radius 2 is 2.00 bits per heavy atom. The van der Waals surface area contributed by atoms with E-state index in [1.165, 1.54) is 12.1 Å². The molecular weight excluding hydrogens is 221 g/mol. The SMILES string of the molecule is CCNC(C)(CO)CCOc1ccc(F)cc1. The third-order valence-corrected chi connectivity index (χ3v) is 2.69. The lowest BCUT2D eigenvalue weighted by Gasteiger charge is -2.28. The van der Waals surface area contributed by atoms with Gasteiger partial charge in [0.25, 0.3) is 0 Å². The number of hydrogen-bond acceptors (Lipinski definition) is 3. The highest BCUT2D eigenvalue weighted by molar-refractivity contribution is 5.21. The summed E-state index contributed by atoms with van der Waals surface area (Å²) in [5.41, 5.74) is -0.325. The van der Waals surface area contributed by atoms with Crippen molar-refractivity contribution < 1.29 is 14.2 Å². The van der Waals surface area contributed by atoms with Crippen LogP contribution >= 0.6 is 0 Å². The van der Waals surface area contributed by atoms with Crippen molar-refractivity contribution >= 4 is 0 Å². The van der Waals surface area contributed by atoms with Crippen molar-refractivity contribution in [3.05, 3.63) is 30.1 Å². The maximum atomic E-state index is 12.7. The molecule has 4 heteroatoms. The van der Waals surface area contributed by atoms with Gasteiger partial charge in [-0.05, 0) is 37.7 Å². The summed E-state index contributed by atoms with van der Waals surface area (Å²) in [6.45, 7) is 5.29. The molecule has 1 rings (SSSR count). The second kappa shape index (κ2) is 6.57. The zero-order valence-electron chi connectivity index (χ0n) is 10.4. The second-order valence-electron chi connectivity index (χ2n) is 4.30. The molecule has 0 fully saturated rings. The van der Waals surface area contributed by atoms with E-state index in [1.807, 2.05) is 13.8 Å². The van der Waals surface area contributed by atoms with Crippen molar-refractivity contribution in [2.75, 3.05) is 19.8 Å². The van der Waals surface area contributed by atoms with E-state index < -0.39 is 0 Å². The molecule has 0 aliphatic carbocycles. The zero-order valence-corrected chi connectivity index (χ0v) is 10.4. The molecule has 96 valence electrons. The lowest BCUT2D eigenvalue weighted by Crippen LogP contribution is -2.46. The third kappa shape index (κ3) is 4.71. The van der Waals surface area contributed by atoms with Gasteiger partial charge >= 0.3 is 0 Å². The summed E-state index contributed by atoms with van der Waals surface area (Å²) >= 11 is 0. The van der Waals surface area contributed by atoms with Crippen molar-refractivity contribution in [2.24, 2.45) is 0 Å². The van der Waals surface area contributed by atoms with E-state index in [4.69, 9.17) is 4.74 Å². The van der Waals surface area contributed by atoms with Gasteiger partial charge in [0.05, 0.1) is 13.2 Å². The molecule has 0 bridgehead atoms. The average molecular weight is 241 g/mol. The lowest BCUT2D eigenvalue weighted by atomic mass is 10.00. The van der Waals surface area contributed by atoms with E-state index in [0.717, 1.165) is 6.54 Å². The average Bonchev–Trinajstić information content (AvgIpc) is 2.32. The maximum Gasteiger partial charge on any atom is 0.123 e. The molecule has 0 aliphatic rings. The largest absolute Gasteiger partial charge is 0.494 e. The van der Waals surface area contributed by atoms with Crippen LogP contribution in [0.15, 0.2) is 24.3 Å². The fourth-order valence-electron chi connectivity index (χ4n) is 1.58. The minimum Gasteiger partial charge on any atom is -0.494 e. The van der Waals surface area contributed by atoms with Crippen molar-refractivity contribution in [3.8, 4) is 5.75 Å². The highest BCUT2D eigenvalue weighted by Crippen LogP contribution is 2.14. The van der Waals surface area contributed by atoms with Crippen LogP contribution in [0.1, 0.15) is 20.3 Å². The number of aliphatic hydroxyl groups is 1. The topological polar surface area (TPSA) is 41.5 Å². The third-order valence-electron chi connectivity index (χ3n) is 2.69. The molecule has 1 aromatic carbocycles. The Morgan fingerprint density at radius 1 is 1.35 bits per heavy atom. The number of likely N-dealkylation sites (N-methyl/N-ethyl adjacent to an activating group) is 1. The van der Waals surface area contributed by atoms with E-state index in [2.05, 4.69) is 5.32 Å². The summed E-state index contributed by atoms with van der Waals surface area (Å²) in [4.78, 5) is 0. The van der Waals surface area contributed by atoms with Crippen molar-refractivity contribution in [1.82, 2.24) is 5.32 Å². The summed E-state index contributed by atoms with van der Waals surface area (Å²) in [6.07, 6.45) is 0.689. The van der Waals surface area contributed by atoms with Crippen LogP contribution in [0.3, 0.4) is 0 Å². The fraction of sp³-hybridized carbons (Fsp3) is 0.538. The number of aliphatic hydroxyl groups excluding tert-OH is 1. The smallest absolute Gasteiger partial charge is 0.123 e. The van der Waals surface area contributed by atoms with Crippen LogP contribution in [-0.4, -0.2) is 30.4 Å². The van der Waals surface area contributed by atoms with Gasteiger partial charge < -0.3 is 15.2 Å². The summed E-state index contributed by atoms with van der Waals surface area (Å²) < 4.78 is 18.1. The summed E-state index contributed by atoms with van der Waals surface area (Å²) in [6, 6.07) is 5.92. The van der Waals surface area contributed by atoms with Gasteiger partial charge in [0.2, 0.25) is 0 Å². The molecular formula is C13H20FNO2. The molecule has 0 heterocycles. The molecule has 0 amide bonds. The summed E-state index contributed by atoms with van der Waals surface area (Å²) in [7, 11) is 0. The van der Waals surface area contributed by atoms with Crippen LogP contribution in [0.5, 0.6) is 5.75 Å². The molecule has 1 aromatic rings. The Balaban J connectivity index is 2.38. The number of halogens is 1. The van der Waals surface area contributed by atoms with Gasteiger partial charge in [0.15, 0.2) is 0 Å². The first kappa shape index (κ1) is 13.9. The standard InChI is InChI=1S/C13H20FNO2/c1-3-15-13(2,10-16)8-9-17-12-6-4-11(14)5-7-12/h4-7,15-16H,3,8-10H2,1-2H3. The first-order valence-electron chi connectivity index (χ1n) is 5.84. The first-order chi connectivity index (χ1) is 8.09. The molecule has 0 saturated heterocycles. The molecule has 1 atom stereocenters. The first-order valence-corrected chi connectivity index (χ1v) is 5.84. The molecule has 0 spiro atoms. The zero-order chi connectivity index (χ0) is 12.7. The van der Waals surface area contributed by atoms with Crippen molar-refractivity contribution in [1.29, 1.82) is 0 Å². The number of rotatable bonds is 7. The molecule has 1 unspecified atom stereocenters. The number of ether oxygens (including phenoxy) is 1. The number of hydrogen-bond donors (Lipinski definition) is 2. The Morgan fingerprint density at radius 3 is 2.53 bits per heavy atom. The predicted octanol–water partition coefficient (Wildman–Crippen LogP) is 1.96. The minimum atomic E-state index is -0.325. The predicted molar refractivity (Wildman–Crippen MR) is 65.7 cm³/mol. The van der Waals surface area contributed by atoms with Crippen LogP contribution < -0.4 is 10.1 Å². The Hall–Kier alpha value is -1.13. The van der Waals surface area contributed by atoms with E-state index in [1.54, 1.807) is 12.1 Å². The molecule has 3 nitrogen and oxygen atoms in total. The Labute approximate surface area is 102 Å². The quantitative estimate of drug-likeness (QED) is 0.766. The van der Waals surface area contributed by atoms with Gasteiger partial charge in [-0.2, -0.15) is 0 Å². The van der Waals surface area contributed by atoms with Crippen LogP contribution in [0.4, 0.5) is 4.39 Å². The molecule has 0 aromatic heterocycles. The van der Waals surface area contributed by atoms with Gasteiger partial charge in [0, 0.05) is 12.0 Å². The van der Waals surface area contributed by atoms with Gasteiger partial charge in [-0.1, -0.05) is 6.92 Å². The Kier molecular flexibility index (Phi) is 5.38. The van der Waals surface area contributed by atoms with Crippen molar-refractivity contribution in [2.45, 2.75) is 25.8 Å². The summed E-state index contributed by atoms with van der Waals surface area (Å²) in [5.74, 6) is 0.369. The fourth-order valence-corrected chi connectivity index (χ4v) is 1.58. The molecule has 17 heavy (non-hydrogen) atoms. The molecule has 0 aliphatic heterocycles. The van der Waals surface area contributed by atoms with E-state index in [-0.39, 0.29) is 18.0 Å². The maximum absolute atomic E-state index is 12.7. The lowest BCUT2D eigenvalue weighted by molar-refractivity contribution is 0.146. The highest BCUT2D eigenvalue weighted by atomic mass is 19.1. The van der Waals surface area contributed by atoms with Crippen molar-refractivity contribution in [3.63, 3.8) is 0 Å². The van der Waals surface area contributed by atoms with E-state index >= 15 is 0 Å². The number of nitrogens with one attached hydrogen (secondary N) is 1. The normalized spacial score (nSPS) is 14.4. The monoisotopic (exact) mass is 241 g/mol. The Bertz CT molecular complexity index is 329. The summed E-state index contributed by atoms with van der Waals surface area (Å²) in [5, 5.41) is 12.5. The van der Waals surface area contributed by atoms with Gasteiger partial charge in [0.1, 0.15) is 11.6 Å². The van der Waals surface area contributed by atoms with Gasteiger partial charge in [-0.3, -0.25) is 0 Å². The molecule has 0 radical (unpaired) electrons. The molecule has 0 saturated carbocycles. The van der Waals surface area contributed by atoms with Crippen LogP contribution in [0, 0.1) is 5.82 Å². The van der Waals surface area contributed by atoms with E-state index in [0.29, 0.717) is 18.8 Å². The minimum absolute atomic E-state index is 0.0631. The van der Waals surface area contributed by atoms with Gasteiger partial charge in [-0.25, -0.2) is 4.39 Å². The highest BCUT2D eigenvalue weighted by Gasteiger charge is 2.21. The van der Waals surface area contributed by atoms with Crippen LogP contribution in [0.25, 0.3) is 0 Å². The molecule has 2 N–H and O–H groups in total. The second-order valence-corrected chi connectivity index (χ2v) is 4.30.